The van der Waals surface area contributed by atoms with Crippen LogP contribution >= 0.6 is 0 Å². The lowest BCUT2D eigenvalue weighted by Gasteiger charge is -2.01. The molecular weight excluding hydrogens is 246 g/mol. The van der Waals surface area contributed by atoms with Crippen LogP contribution in [0.5, 0.6) is 0 Å². The number of aromatic amines is 1. The molecule has 0 saturated heterocycles. The van der Waals surface area contributed by atoms with Crippen LogP contribution in [-0.2, 0) is 11.8 Å². The highest BCUT2D eigenvalue weighted by molar-refractivity contribution is 6.03. The lowest BCUT2D eigenvalue weighted by atomic mass is 10.3. The molecule has 6 nitrogen and oxygen atoms in total. The van der Waals surface area contributed by atoms with Crippen LogP contribution in [0.2, 0.25) is 0 Å². The van der Waals surface area contributed by atoms with Crippen molar-refractivity contribution < 1.29 is 14.3 Å². The third-order valence-electron chi connectivity index (χ3n) is 2.59. The molecule has 100 valence electrons. The maximum atomic E-state index is 11.8. The summed E-state index contributed by atoms with van der Waals surface area (Å²) in [7, 11) is 1.72. The smallest absolute Gasteiger partial charge is 0.355 e. The number of carbonyl (C=O) groups excluding carboxylic acids is 2. The van der Waals surface area contributed by atoms with Crippen LogP contribution in [0.15, 0.2) is 30.6 Å². The zero-order valence-corrected chi connectivity index (χ0v) is 10.8. The highest BCUT2D eigenvalue weighted by atomic mass is 16.5. The Morgan fingerprint density at radius 3 is 2.89 bits per heavy atom. The number of esters is 1. The van der Waals surface area contributed by atoms with E-state index in [1.807, 2.05) is 0 Å². The molecule has 0 aromatic carbocycles. The minimum absolute atomic E-state index is 0.258. The van der Waals surface area contributed by atoms with Gasteiger partial charge < -0.3 is 19.6 Å². The van der Waals surface area contributed by atoms with Crippen molar-refractivity contribution in [3.63, 3.8) is 0 Å². The van der Waals surface area contributed by atoms with Crippen LogP contribution in [0.1, 0.15) is 27.9 Å². The van der Waals surface area contributed by atoms with Crippen LogP contribution in [-0.4, -0.2) is 28.0 Å². The molecule has 2 N–H and O–H groups in total. The number of aryl methyl sites for hydroxylation is 1. The Bertz CT molecular complexity index is 584. The number of carbonyl (C=O) groups is 2. The number of rotatable bonds is 4. The number of nitrogens with zero attached hydrogens (tertiary/aromatic N) is 1. The molecule has 2 rings (SSSR count). The monoisotopic (exact) mass is 261 g/mol. The zero-order chi connectivity index (χ0) is 13.8. The molecule has 0 aliphatic rings. The molecule has 0 bridgehead atoms. The van der Waals surface area contributed by atoms with Gasteiger partial charge >= 0.3 is 5.97 Å². The Labute approximate surface area is 110 Å². The molecule has 0 atom stereocenters. The van der Waals surface area contributed by atoms with Gasteiger partial charge in [0.05, 0.1) is 12.3 Å². The average Bonchev–Trinajstić information content (AvgIpc) is 2.99. The molecule has 0 unspecified atom stereocenters. The molecule has 0 aliphatic heterocycles. The molecule has 0 spiro atoms. The number of amides is 1. The van der Waals surface area contributed by atoms with E-state index in [0.717, 1.165) is 0 Å². The van der Waals surface area contributed by atoms with Gasteiger partial charge in [-0.05, 0) is 25.1 Å². The van der Waals surface area contributed by atoms with Crippen molar-refractivity contribution >= 4 is 17.6 Å². The molecule has 19 heavy (non-hydrogen) atoms. The highest BCUT2D eigenvalue weighted by Crippen LogP contribution is 2.14. The Hall–Kier alpha value is -2.50. The number of nitrogens with one attached hydrogen (secondary N) is 2. The molecule has 1 amide bonds. The summed E-state index contributed by atoms with van der Waals surface area (Å²) in [6, 6.07) is 4.99. The van der Waals surface area contributed by atoms with E-state index in [-0.39, 0.29) is 5.91 Å². The van der Waals surface area contributed by atoms with E-state index in [1.54, 1.807) is 49.1 Å². The quantitative estimate of drug-likeness (QED) is 0.824. The fraction of sp³-hybridized carbons (Fsp3) is 0.231. The van der Waals surface area contributed by atoms with Crippen molar-refractivity contribution in [1.82, 2.24) is 9.55 Å². The van der Waals surface area contributed by atoms with Gasteiger partial charge in [-0.1, -0.05) is 0 Å². The van der Waals surface area contributed by atoms with Crippen molar-refractivity contribution in [2.75, 3.05) is 11.9 Å². The molecule has 0 saturated carbocycles. The van der Waals surface area contributed by atoms with E-state index < -0.39 is 5.97 Å². The van der Waals surface area contributed by atoms with Gasteiger partial charge in [0.25, 0.3) is 5.91 Å². The second kappa shape index (κ2) is 5.43. The number of hydrogen-bond donors (Lipinski definition) is 2. The summed E-state index contributed by atoms with van der Waals surface area (Å²) < 4.78 is 6.53. The molecule has 2 aromatic rings. The van der Waals surface area contributed by atoms with E-state index in [0.29, 0.717) is 23.7 Å². The first kappa shape index (κ1) is 12.9. The van der Waals surface area contributed by atoms with Crippen molar-refractivity contribution in [2.24, 2.45) is 7.05 Å². The number of H-pyrrole nitrogens is 1. The van der Waals surface area contributed by atoms with Crippen LogP contribution in [0.3, 0.4) is 0 Å². The topological polar surface area (TPSA) is 76.1 Å². The summed E-state index contributed by atoms with van der Waals surface area (Å²) >= 11 is 0. The highest BCUT2D eigenvalue weighted by Gasteiger charge is 2.14. The third kappa shape index (κ3) is 2.85. The van der Waals surface area contributed by atoms with E-state index in [2.05, 4.69) is 10.3 Å². The van der Waals surface area contributed by atoms with Crippen LogP contribution < -0.4 is 5.32 Å². The number of ether oxygens (including phenoxy) is 1. The van der Waals surface area contributed by atoms with Gasteiger partial charge in [0, 0.05) is 19.4 Å². The summed E-state index contributed by atoms with van der Waals surface area (Å²) in [6.07, 6.45) is 3.33. The van der Waals surface area contributed by atoms with Crippen molar-refractivity contribution in [3.8, 4) is 0 Å². The van der Waals surface area contributed by atoms with E-state index in [1.165, 1.54) is 0 Å². The van der Waals surface area contributed by atoms with Crippen LogP contribution in [0, 0.1) is 0 Å². The van der Waals surface area contributed by atoms with Gasteiger partial charge in [0.15, 0.2) is 0 Å². The molecular formula is C13H15N3O3. The van der Waals surface area contributed by atoms with Gasteiger partial charge in [-0.3, -0.25) is 4.79 Å². The molecule has 0 radical (unpaired) electrons. The fourth-order valence-corrected chi connectivity index (χ4v) is 1.71. The Morgan fingerprint density at radius 1 is 1.47 bits per heavy atom. The van der Waals surface area contributed by atoms with Crippen molar-refractivity contribution in [2.45, 2.75) is 6.92 Å². The fourth-order valence-electron chi connectivity index (χ4n) is 1.71. The molecule has 2 heterocycles. The van der Waals surface area contributed by atoms with Gasteiger partial charge in [-0.2, -0.15) is 0 Å². The minimum Gasteiger partial charge on any atom is -0.461 e. The van der Waals surface area contributed by atoms with Crippen molar-refractivity contribution in [3.05, 3.63) is 42.0 Å². The largest absolute Gasteiger partial charge is 0.461 e. The first-order chi connectivity index (χ1) is 9.11. The summed E-state index contributed by atoms with van der Waals surface area (Å²) in [5.74, 6) is -0.670. The minimum atomic E-state index is -0.412. The molecule has 0 aliphatic carbocycles. The Balaban J connectivity index is 2.12. The van der Waals surface area contributed by atoms with Crippen LogP contribution in [0.4, 0.5) is 5.69 Å². The summed E-state index contributed by atoms with van der Waals surface area (Å²) in [6.45, 7) is 2.06. The second-order valence-corrected chi connectivity index (χ2v) is 3.98. The Kier molecular flexibility index (Phi) is 3.70. The van der Waals surface area contributed by atoms with Gasteiger partial charge in [0.1, 0.15) is 11.4 Å². The molecule has 6 heteroatoms. The number of hydrogen-bond acceptors (Lipinski definition) is 3. The predicted molar refractivity (Wildman–Crippen MR) is 70.1 cm³/mol. The molecule has 2 aromatic heterocycles. The van der Waals surface area contributed by atoms with E-state index >= 15 is 0 Å². The number of aromatic nitrogens is 2. The SMILES string of the molecule is CCOC(=O)c1cc(NC(=O)c2ccc[nH]2)cn1C. The van der Waals surface area contributed by atoms with Gasteiger partial charge in [-0.25, -0.2) is 4.79 Å². The average molecular weight is 261 g/mol. The molecule has 0 fully saturated rings. The van der Waals surface area contributed by atoms with Gasteiger partial charge in [-0.15, -0.1) is 0 Å². The van der Waals surface area contributed by atoms with Gasteiger partial charge in [0.2, 0.25) is 0 Å². The third-order valence-corrected chi connectivity index (χ3v) is 2.59. The van der Waals surface area contributed by atoms with E-state index in [4.69, 9.17) is 4.74 Å². The maximum absolute atomic E-state index is 11.8. The maximum Gasteiger partial charge on any atom is 0.355 e. The zero-order valence-electron chi connectivity index (χ0n) is 10.8. The second-order valence-electron chi connectivity index (χ2n) is 3.98. The Morgan fingerprint density at radius 2 is 2.26 bits per heavy atom. The van der Waals surface area contributed by atoms with Crippen molar-refractivity contribution in [1.29, 1.82) is 0 Å². The lowest BCUT2D eigenvalue weighted by molar-refractivity contribution is 0.0515. The van der Waals surface area contributed by atoms with E-state index in [9.17, 15) is 9.59 Å². The normalized spacial score (nSPS) is 10.2. The summed E-state index contributed by atoms with van der Waals surface area (Å²) in [4.78, 5) is 26.3. The first-order valence-electron chi connectivity index (χ1n) is 5.90. The lowest BCUT2D eigenvalue weighted by Crippen LogP contribution is -2.11. The standard InChI is InChI=1S/C13H15N3O3/c1-3-19-13(18)11-7-9(8-16(11)2)15-12(17)10-5-4-6-14-10/h4-8,14H,3H2,1-2H3,(H,15,17). The summed E-state index contributed by atoms with van der Waals surface area (Å²) in [5, 5.41) is 2.70. The summed E-state index contributed by atoms with van der Waals surface area (Å²) in [5.41, 5.74) is 1.40. The van der Waals surface area contributed by atoms with Crippen LogP contribution in [0.25, 0.3) is 0 Å². The number of anilines is 1. The predicted octanol–water partition coefficient (Wildman–Crippen LogP) is 1.78. The first-order valence-corrected chi connectivity index (χ1v) is 5.90.